The van der Waals surface area contributed by atoms with Gasteiger partial charge in [-0.05, 0) is 55.9 Å². The Morgan fingerprint density at radius 1 is 1.19 bits per heavy atom. The summed E-state index contributed by atoms with van der Waals surface area (Å²) in [6, 6.07) is 4.26. The van der Waals surface area contributed by atoms with Crippen molar-refractivity contribution in [3.05, 3.63) is 49.9 Å². The number of rotatable bonds is 7. The number of anilines is 1. The molecule has 0 bridgehead atoms. The fourth-order valence-electron chi connectivity index (χ4n) is 3.75. The zero-order valence-electron chi connectivity index (χ0n) is 17.0. The van der Waals surface area contributed by atoms with E-state index in [2.05, 4.69) is 10.6 Å². The van der Waals surface area contributed by atoms with E-state index in [0.717, 1.165) is 47.5 Å². The van der Waals surface area contributed by atoms with E-state index in [1.165, 1.54) is 23.5 Å². The summed E-state index contributed by atoms with van der Waals surface area (Å²) in [7, 11) is 1.62. The van der Waals surface area contributed by atoms with Crippen molar-refractivity contribution in [3.63, 3.8) is 0 Å². The molecule has 31 heavy (non-hydrogen) atoms. The quantitative estimate of drug-likeness (QED) is 0.429. The highest BCUT2D eigenvalue weighted by Gasteiger charge is 2.27. The van der Waals surface area contributed by atoms with Gasteiger partial charge in [-0.15, -0.1) is 22.7 Å². The lowest BCUT2D eigenvalue weighted by atomic mass is 9.95. The molecule has 0 fully saturated rings. The van der Waals surface area contributed by atoms with E-state index in [-0.39, 0.29) is 11.7 Å². The number of hydrogen-bond acceptors (Lipinski definition) is 5. The summed E-state index contributed by atoms with van der Waals surface area (Å²) in [6.07, 6.45) is 4.54. The van der Waals surface area contributed by atoms with Crippen molar-refractivity contribution in [2.75, 3.05) is 25.6 Å². The number of carbonyl (C=O) groups excluding carboxylic acids is 2. The van der Waals surface area contributed by atoms with Crippen LogP contribution in [0.25, 0.3) is 10.1 Å². The molecule has 0 saturated heterocycles. The minimum atomic E-state index is -0.390. The summed E-state index contributed by atoms with van der Waals surface area (Å²) in [6.45, 7) is 1.06. The van der Waals surface area contributed by atoms with E-state index < -0.39 is 5.91 Å². The number of carbonyl (C=O) groups is 2. The fraction of sp³-hybridized carbons (Fsp3) is 0.364. The predicted molar refractivity (Wildman–Crippen MR) is 125 cm³/mol. The molecule has 2 aromatic heterocycles. The predicted octanol–water partition coefficient (Wildman–Crippen LogP) is 5.65. The molecule has 1 aliphatic rings. The fourth-order valence-corrected chi connectivity index (χ4v) is 6.46. The van der Waals surface area contributed by atoms with Gasteiger partial charge in [0.25, 0.3) is 11.8 Å². The number of hydrogen-bond donors (Lipinski definition) is 2. The normalized spacial score (nSPS) is 13.3. The van der Waals surface area contributed by atoms with E-state index in [1.54, 1.807) is 13.2 Å². The van der Waals surface area contributed by atoms with Gasteiger partial charge in [0.1, 0.15) is 15.7 Å². The number of methoxy groups -OCH3 is 1. The van der Waals surface area contributed by atoms with Crippen molar-refractivity contribution in [2.45, 2.75) is 32.1 Å². The molecule has 2 heterocycles. The lowest BCUT2D eigenvalue weighted by Gasteiger charge is -2.13. The molecule has 1 aliphatic carbocycles. The topological polar surface area (TPSA) is 67.4 Å². The summed E-state index contributed by atoms with van der Waals surface area (Å²) in [5.41, 5.74) is 1.58. The van der Waals surface area contributed by atoms with Crippen molar-refractivity contribution in [2.24, 2.45) is 0 Å². The second kappa shape index (κ2) is 9.65. The summed E-state index contributed by atoms with van der Waals surface area (Å²) in [4.78, 5) is 27.5. The number of nitrogens with one attached hydrogen (secondary N) is 2. The molecular formula is C22H22ClFN2O3S2. The number of benzene rings is 1. The average Bonchev–Trinajstić information content (AvgIpc) is 3.28. The first-order valence-corrected chi connectivity index (χ1v) is 12.1. The molecule has 0 unspecified atom stereocenters. The second-order valence-electron chi connectivity index (χ2n) is 7.36. The number of fused-ring (bicyclic) bond motifs is 2. The van der Waals surface area contributed by atoms with Crippen LogP contribution in [0.2, 0.25) is 5.02 Å². The summed E-state index contributed by atoms with van der Waals surface area (Å²) in [5.74, 6) is -0.954. The van der Waals surface area contributed by atoms with Gasteiger partial charge in [0.05, 0.1) is 10.6 Å². The first-order valence-electron chi connectivity index (χ1n) is 10.1. The lowest BCUT2D eigenvalue weighted by molar-refractivity contribution is 0.0948. The Morgan fingerprint density at radius 3 is 2.81 bits per heavy atom. The third-order valence-electron chi connectivity index (χ3n) is 5.23. The maximum absolute atomic E-state index is 13.6. The first-order chi connectivity index (χ1) is 15.0. The molecule has 164 valence electrons. The van der Waals surface area contributed by atoms with Crippen LogP contribution >= 0.6 is 34.3 Å². The number of thiophene rings is 2. The van der Waals surface area contributed by atoms with Crippen LogP contribution in [0.1, 0.15) is 49.7 Å². The molecule has 2 amide bonds. The van der Waals surface area contributed by atoms with E-state index in [4.69, 9.17) is 16.3 Å². The maximum atomic E-state index is 13.6. The molecule has 4 rings (SSSR count). The molecule has 9 heteroatoms. The van der Waals surface area contributed by atoms with Gasteiger partial charge in [-0.2, -0.15) is 0 Å². The van der Waals surface area contributed by atoms with Crippen molar-refractivity contribution in [3.8, 4) is 0 Å². The highest BCUT2D eigenvalue weighted by atomic mass is 35.5. The highest BCUT2D eigenvalue weighted by molar-refractivity contribution is 7.22. The van der Waals surface area contributed by atoms with Gasteiger partial charge < -0.3 is 15.4 Å². The van der Waals surface area contributed by atoms with E-state index in [1.807, 2.05) is 0 Å². The SMILES string of the molecule is COCCCNC(=O)c1c(NC(=O)c2sc3cc(F)ccc3c2Cl)sc2c1CCCC2. The summed E-state index contributed by atoms with van der Waals surface area (Å²) in [5, 5.41) is 7.32. The standard InChI is InChI=1S/C22H22ClFN2O3S2/c1-29-10-4-9-25-20(27)17-13-5-2-3-6-15(13)31-22(17)26-21(28)19-18(23)14-8-7-12(24)11-16(14)30-19/h7-8,11H,2-6,9-10H2,1H3,(H,25,27)(H,26,28). The smallest absolute Gasteiger partial charge is 0.267 e. The third-order valence-corrected chi connectivity index (χ3v) is 8.10. The lowest BCUT2D eigenvalue weighted by Crippen LogP contribution is -2.27. The van der Waals surface area contributed by atoms with E-state index in [0.29, 0.717) is 50.1 Å². The molecule has 0 saturated carbocycles. The Kier molecular flexibility index (Phi) is 6.91. The molecule has 2 N–H and O–H groups in total. The molecule has 5 nitrogen and oxygen atoms in total. The Bertz CT molecular complexity index is 1140. The van der Waals surface area contributed by atoms with Crippen LogP contribution in [0.3, 0.4) is 0 Å². The molecule has 0 aliphatic heterocycles. The van der Waals surface area contributed by atoms with Gasteiger partial charge in [0.2, 0.25) is 0 Å². The van der Waals surface area contributed by atoms with Crippen LogP contribution < -0.4 is 10.6 Å². The van der Waals surface area contributed by atoms with Crippen molar-refractivity contribution in [1.29, 1.82) is 0 Å². The zero-order chi connectivity index (χ0) is 22.0. The van der Waals surface area contributed by atoms with E-state index in [9.17, 15) is 14.0 Å². The third kappa shape index (κ3) is 4.62. The Hall–Kier alpha value is -2.00. The van der Waals surface area contributed by atoms with Gasteiger partial charge in [-0.1, -0.05) is 11.6 Å². The largest absolute Gasteiger partial charge is 0.385 e. The van der Waals surface area contributed by atoms with Crippen LogP contribution in [0.15, 0.2) is 18.2 Å². The van der Waals surface area contributed by atoms with Crippen molar-refractivity contribution >= 4 is 61.2 Å². The summed E-state index contributed by atoms with van der Waals surface area (Å²) < 4.78 is 19.2. The Labute approximate surface area is 192 Å². The highest BCUT2D eigenvalue weighted by Crippen LogP contribution is 2.40. The van der Waals surface area contributed by atoms with Crippen LogP contribution in [-0.4, -0.2) is 32.1 Å². The average molecular weight is 481 g/mol. The first kappa shape index (κ1) is 22.2. The number of aryl methyl sites for hydroxylation is 1. The molecule has 0 spiro atoms. The summed E-state index contributed by atoms with van der Waals surface area (Å²) >= 11 is 9.01. The van der Waals surface area contributed by atoms with Crippen LogP contribution in [0.4, 0.5) is 9.39 Å². The van der Waals surface area contributed by atoms with Crippen molar-refractivity contribution < 1.29 is 18.7 Å². The number of amides is 2. The van der Waals surface area contributed by atoms with E-state index >= 15 is 0 Å². The molecule has 1 aromatic carbocycles. The van der Waals surface area contributed by atoms with Crippen LogP contribution in [0, 0.1) is 5.82 Å². The monoisotopic (exact) mass is 480 g/mol. The maximum Gasteiger partial charge on any atom is 0.267 e. The second-order valence-corrected chi connectivity index (χ2v) is 9.89. The molecule has 3 aromatic rings. The van der Waals surface area contributed by atoms with Gasteiger partial charge in [0, 0.05) is 35.2 Å². The number of ether oxygens (including phenoxy) is 1. The van der Waals surface area contributed by atoms with Crippen molar-refractivity contribution in [1.82, 2.24) is 5.32 Å². The van der Waals surface area contributed by atoms with Gasteiger partial charge in [0.15, 0.2) is 0 Å². The van der Waals surface area contributed by atoms with Gasteiger partial charge in [-0.3, -0.25) is 9.59 Å². The molecular weight excluding hydrogens is 459 g/mol. The van der Waals surface area contributed by atoms with Gasteiger partial charge in [-0.25, -0.2) is 4.39 Å². The molecule has 0 atom stereocenters. The minimum absolute atomic E-state index is 0.185. The van der Waals surface area contributed by atoms with Gasteiger partial charge >= 0.3 is 0 Å². The van der Waals surface area contributed by atoms with Crippen LogP contribution in [0.5, 0.6) is 0 Å². The minimum Gasteiger partial charge on any atom is -0.385 e. The molecule has 0 radical (unpaired) electrons. The number of halogens is 2. The Morgan fingerprint density at radius 2 is 2.00 bits per heavy atom. The zero-order valence-corrected chi connectivity index (χ0v) is 19.4. The Balaban J connectivity index is 1.62. The van der Waals surface area contributed by atoms with Crippen LogP contribution in [-0.2, 0) is 17.6 Å².